The van der Waals surface area contributed by atoms with Gasteiger partial charge in [-0.1, -0.05) is 170 Å². The summed E-state index contributed by atoms with van der Waals surface area (Å²) in [6.07, 6.45) is 2.28. The molecule has 48 heavy (non-hydrogen) atoms. The summed E-state index contributed by atoms with van der Waals surface area (Å²) < 4.78 is 0. The SMILES string of the molecule is C1=C(c2ccccc2-c2ccc(-c3ccccc3)cc2)N=C(c2c3ccccc3cc3ccc4ccccc4c23)NC1c1ccccc1. The van der Waals surface area contributed by atoms with Crippen molar-refractivity contribution in [3.8, 4) is 22.3 Å². The molecule has 0 aromatic heterocycles. The molecule has 0 radical (unpaired) electrons. The molecule has 1 N–H and O–H groups in total. The second-order valence-electron chi connectivity index (χ2n) is 12.4. The Morgan fingerprint density at radius 3 is 1.81 bits per heavy atom. The minimum absolute atomic E-state index is 0.0637. The van der Waals surface area contributed by atoms with Crippen molar-refractivity contribution in [3.05, 3.63) is 199 Å². The van der Waals surface area contributed by atoms with E-state index < -0.39 is 0 Å². The van der Waals surface area contributed by atoms with Gasteiger partial charge in [0.25, 0.3) is 0 Å². The lowest BCUT2D eigenvalue weighted by Gasteiger charge is -2.27. The molecule has 1 unspecified atom stereocenters. The predicted octanol–water partition coefficient (Wildman–Crippen LogP) is 11.6. The van der Waals surface area contributed by atoms with Crippen molar-refractivity contribution in [1.82, 2.24) is 5.32 Å². The third-order valence-corrected chi connectivity index (χ3v) is 9.50. The fourth-order valence-corrected chi connectivity index (χ4v) is 7.17. The van der Waals surface area contributed by atoms with Crippen molar-refractivity contribution in [2.75, 3.05) is 0 Å². The Labute approximate surface area is 280 Å². The molecule has 2 nitrogen and oxygen atoms in total. The highest BCUT2D eigenvalue weighted by atomic mass is 15.0. The molecule has 0 bridgehead atoms. The molecule has 226 valence electrons. The van der Waals surface area contributed by atoms with Crippen molar-refractivity contribution in [3.63, 3.8) is 0 Å². The molecule has 0 amide bonds. The third-order valence-electron chi connectivity index (χ3n) is 9.50. The Balaban J connectivity index is 1.26. The van der Waals surface area contributed by atoms with E-state index in [-0.39, 0.29) is 6.04 Å². The number of nitrogens with one attached hydrogen (secondary N) is 1. The molecule has 0 saturated heterocycles. The van der Waals surface area contributed by atoms with Gasteiger partial charge in [-0.15, -0.1) is 0 Å². The van der Waals surface area contributed by atoms with Crippen LogP contribution in [0.15, 0.2) is 187 Å². The first-order valence-corrected chi connectivity index (χ1v) is 16.5. The fraction of sp³-hybridized carbons (Fsp3) is 0.0217. The molecule has 0 spiro atoms. The van der Waals surface area contributed by atoms with E-state index in [0.717, 1.165) is 28.2 Å². The average Bonchev–Trinajstić information content (AvgIpc) is 3.17. The zero-order valence-corrected chi connectivity index (χ0v) is 26.3. The number of aliphatic imine (C=N–C) groups is 1. The van der Waals surface area contributed by atoms with Crippen LogP contribution in [-0.4, -0.2) is 5.84 Å². The first-order chi connectivity index (χ1) is 23.8. The molecule has 1 atom stereocenters. The van der Waals surface area contributed by atoms with Gasteiger partial charge in [0.2, 0.25) is 0 Å². The van der Waals surface area contributed by atoms with Gasteiger partial charge in [0, 0.05) is 16.5 Å². The standard InChI is InChI=1S/C46H32N2/c1-3-13-31(14-4-1)32-23-25-34(26-24-32)38-19-11-12-22-41(38)43-30-42(35-16-5-2-6-17-35)47-46(48-43)45-40-21-10-8-18-36(40)29-37-28-27-33-15-7-9-20-39(33)44(37)45/h1-30,42H,(H,47,48). The van der Waals surface area contributed by atoms with Crippen molar-refractivity contribution in [2.24, 2.45) is 4.99 Å². The summed E-state index contributed by atoms with van der Waals surface area (Å²) in [5.41, 5.74) is 9.15. The molecular formula is C46H32N2. The molecule has 1 aliphatic heterocycles. The van der Waals surface area contributed by atoms with Crippen molar-refractivity contribution < 1.29 is 0 Å². The summed E-state index contributed by atoms with van der Waals surface area (Å²) in [6, 6.07) is 62.8. The highest BCUT2D eigenvalue weighted by molar-refractivity contribution is 6.27. The zero-order chi connectivity index (χ0) is 31.9. The summed E-state index contributed by atoms with van der Waals surface area (Å²) in [5.74, 6) is 0.883. The minimum atomic E-state index is -0.0637. The lowest BCUT2D eigenvalue weighted by atomic mass is 9.90. The summed E-state index contributed by atoms with van der Waals surface area (Å²) in [5, 5.41) is 11.2. The molecule has 0 aliphatic carbocycles. The number of amidine groups is 1. The number of hydrogen-bond donors (Lipinski definition) is 1. The van der Waals surface area contributed by atoms with Gasteiger partial charge < -0.3 is 5.32 Å². The second kappa shape index (κ2) is 11.8. The van der Waals surface area contributed by atoms with Crippen LogP contribution in [0.2, 0.25) is 0 Å². The number of fused-ring (bicyclic) bond motifs is 4. The molecule has 0 fully saturated rings. The van der Waals surface area contributed by atoms with Gasteiger partial charge in [0.1, 0.15) is 5.84 Å². The van der Waals surface area contributed by atoms with Gasteiger partial charge in [0.15, 0.2) is 0 Å². The summed E-state index contributed by atoms with van der Waals surface area (Å²) >= 11 is 0. The van der Waals surface area contributed by atoms with E-state index in [0.29, 0.717) is 0 Å². The topological polar surface area (TPSA) is 24.4 Å². The van der Waals surface area contributed by atoms with Crippen molar-refractivity contribution in [1.29, 1.82) is 0 Å². The summed E-state index contributed by atoms with van der Waals surface area (Å²) in [7, 11) is 0. The molecular weight excluding hydrogens is 581 g/mol. The quantitative estimate of drug-likeness (QED) is 0.152. The second-order valence-corrected chi connectivity index (χ2v) is 12.4. The number of hydrogen-bond acceptors (Lipinski definition) is 2. The molecule has 2 heteroatoms. The van der Waals surface area contributed by atoms with Crippen LogP contribution in [0.25, 0.3) is 60.3 Å². The maximum absolute atomic E-state index is 5.52. The largest absolute Gasteiger partial charge is 0.359 e. The van der Waals surface area contributed by atoms with Crippen LogP contribution in [0.3, 0.4) is 0 Å². The Hall–Kier alpha value is -6.25. The molecule has 8 aromatic carbocycles. The average molecular weight is 613 g/mol. The Kier molecular flexibility index (Phi) is 6.91. The smallest absolute Gasteiger partial charge is 0.135 e. The zero-order valence-electron chi connectivity index (χ0n) is 26.3. The third kappa shape index (κ3) is 4.96. The Bertz CT molecular complexity index is 2510. The maximum Gasteiger partial charge on any atom is 0.135 e. The van der Waals surface area contributed by atoms with Crippen LogP contribution in [-0.2, 0) is 0 Å². The summed E-state index contributed by atoms with van der Waals surface area (Å²) in [4.78, 5) is 5.52. The molecule has 9 rings (SSSR count). The van der Waals surface area contributed by atoms with Gasteiger partial charge in [0.05, 0.1) is 11.7 Å². The van der Waals surface area contributed by atoms with Gasteiger partial charge in [-0.3, -0.25) is 0 Å². The molecule has 1 aliphatic rings. The van der Waals surface area contributed by atoms with Crippen molar-refractivity contribution >= 4 is 43.9 Å². The molecule has 0 saturated carbocycles. The van der Waals surface area contributed by atoms with Gasteiger partial charge in [-0.2, -0.15) is 0 Å². The van der Waals surface area contributed by atoms with Gasteiger partial charge >= 0.3 is 0 Å². The number of benzene rings is 8. The van der Waals surface area contributed by atoms with E-state index in [4.69, 9.17) is 4.99 Å². The van der Waals surface area contributed by atoms with Crippen LogP contribution in [0.1, 0.15) is 22.7 Å². The van der Waals surface area contributed by atoms with E-state index in [1.165, 1.54) is 54.6 Å². The lowest BCUT2D eigenvalue weighted by molar-refractivity contribution is 0.782. The monoisotopic (exact) mass is 612 g/mol. The van der Waals surface area contributed by atoms with Crippen LogP contribution in [0, 0.1) is 0 Å². The highest BCUT2D eigenvalue weighted by Crippen LogP contribution is 2.39. The molecule has 1 heterocycles. The van der Waals surface area contributed by atoms with E-state index in [2.05, 4.69) is 187 Å². The van der Waals surface area contributed by atoms with Crippen LogP contribution in [0.5, 0.6) is 0 Å². The first kappa shape index (κ1) is 28.0. The summed E-state index contributed by atoms with van der Waals surface area (Å²) in [6.45, 7) is 0. The van der Waals surface area contributed by atoms with Gasteiger partial charge in [-0.25, -0.2) is 4.99 Å². The fourth-order valence-electron chi connectivity index (χ4n) is 7.17. The highest BCUT2D eigenvalue weighted by Gasteiger charge is 2.24. The van der Waals surface area contributed by atoms with Crippen LogP contribution >= 0.6 is 0 Å². The van der Waals surface area contributed by atoms with Crippen molar-refractivity contribution in [2.45, 2.75) is 6.04 Å². The van der Waals surface area contributed by atoms with Crippen LogP contribution in [0.4, 0.5) is 0 Å². The Morgan fingerprint density at radius 2 is 1.02 bits per heavy atom. The van der Waals surface area contributed by atoms with E-state index in [9.17, 15) is 0 Å². The lowest BCUT2D eigenvalue weighted by Crippen LogP contribution is -2.31. The van der Waals surface area contributed by atoms with E-state index in [1.807, 2.05) is 0 Å². The maximum atomic E-state index is 5.52. The van der Waals surface area contributed by atoms with E-state index in [1.54, 1.807) is 0 Å². The number of nitrogens with zero attached hydrogens (tertiary/aromatic N) is 1. The van der Waals surface area contributed by atoms with Crippen LogP contribution < -0.4 is 5.32 Å². The first-order valence-electron chi connectivity index (χ1n) is 16.5. The number of rotatable bonds is 5. The van der Waals surface area contributed by atoms with Gasteiger partial charge in [-0.05, 0) is 66.9 Å². The Morgan fingerprint density at radius 1 is 0.438 bits per heavy atom. The predicted molar refractivity (Wildman–Crippen MR) is 203 cm³/mol. The van der Waals surface area contributed by atoms with E-state index >= 15 is 0 Å². The normalized spacial score (nSPS) is 14.5. The molecule has 8 aromatic rings. The minimum Gasteiger partial charge on any atom is -0.359 e.